The second kappa shape index (κ2) is 6.42. The Morgan fingerprint density at radius 1 is 0.833 bits per heavy atom. The molecule has 0 aliphatic carbocycles. The Hall–Kier alpha value is -3.33. The number of para-hydroxylation sites is 2. The molecule has 0 aliphatic heterocycles. The summed E-state index contributed by atoms with van der Waals surface area (Å²) >= 11 is 0. The zero-order valence-corrected chi connectivity index (χ0v) is 12.9. The van der Waals surface area contributed by atoms with E-state index in [1.807, 2.05) is 72.8 Å². The first-order valence-corrected chi connectivity index (χ1v) is 7.71. The molecule has 0 radical (unpaired) electrons. The van der Waals surface area contributed by atoms with E-state index < -0.39 is 0 Å². The van der Waals surface area contributed by atoms with Crippen LogP contribution in [0.2, 0.25) is 0 Å². The van der Waals surface area contributed by atoms with Crippen LogP contribution < -0.4 is 4.74 Å². The van der Waals surface area contributed by atoms with Crippen LogP contribution in [-0.4, -0.2) is 4.98 Å². The van der Waals surface area contributed by atoms with Gasteiger partial charge in [0, 0.05) is 22.7 Å². The minimum absolute atomic E-state index is 0.783. The highest BCUT2D eigenvalue weighted by atomic mass is 16.5. The first kappa shape index (κ1) is 14.3. The molecule has 2 aromatic carbocycles. The maximum atomic E-state index is 5.98. The fourth-order valence-electron chi connectivity index (χ4n) is 2.54. The van der Waals surface area contributed by atoms with Gasteiger partial charge in [-0.1, -0.05) is 48.6 Å². The minimum Gasteiger partial charge on any atom is -0.462 e. The Bertz CT molecular complexity index is 987. The summed E-state index contributed by atoms with van der Waals surface area (Å²) in [7, 11) is 0. The van der Waals surface area contributed by atoms with E-state index in [0.29, 0.717) is 0 Å². The highest BCUT2D eigenvalue weighted by Crippen LogP contribution is 2.28. The molecule has 0 spiro atoms. The Balaban J connectivity index is 1.65. The van der Waals surface area contributed by atoms with Crippen molar-refractivity contribution in [3.05, 3.63) is 90.4 Å². The standard InChI is InChI=1S/C21H15NO2/c1-2-7-18(8-3-1)24-20-9-5-4-6-16(20)10-11-17-15-23-21-14-22-13-12-19(17)21/h1-15H/b11-10-. The van der Waals surface area contributed by atoms with Gasteiger partial charge in [-0.05, 0) is 24.3 Å². The van der Waals surface area contributed by atoms with Gasteiger partial charge in [0.05, 0.1) is 12.5 Å². The van der Waals surface area contributed by atoms with Crippen molar-refractivity contribution in [2.75, 3.05) is 0 Å². The maximum absolute atomic E-state index is 5.98. The van der Waals surface area contributed by atoms with E-state index >= 15 is 0 Å². The average molecular weight is 313 g/mol. The van der Waals surface area contributed by atoms with E-state index in [9.17, 15) is 0 Å². The van der Waals surface area contributed by atoms with Gasteiger partial charge >= 0.3 is 0 Å². The molecule has 116 valence electrons. The molecule has 0 aliphatic rings. The second-order valence-electron chi connectivity index (χ2n) is 5.35. The quantitative estimate of drug-likeness (QED) is 0.478. The van der Waals surface area contributed by atoms with Gasteiger partial charge in [0.25, 0.3) is 0 Å². The summed E-state index contributed by atoms with van der Waals surface area (Å²) < 4.78 is 11.5. The van der Waals surface area contributed by atoms with Crippen LogP contribution in [0.25, 0.3) is 23.1 Å². The fourth-order valence-corrected chi connectivity index (χ4v) is 2.54. The van der Waals surface area contributed by atoms with E-state index in [4.69, 9.17) is 9.15 Å². The Labute approximate surface area is 139 Å². The maximum Gasteiger partial charge on any atom is 0.152 e. The molecule has 0 fully saturated rings. The molecule has 3 nitrogen and oxygen atoms in total. The van der Waals surface area contributed by atoms with Crippen LogP contribution in [0.4, 0.5) is 0 Å². The second-order valence-corrected chi connectivity index (χ2v) is 5.35. The number of aromatic nitrogens is 1. The van der Waals surface area contributed by atoms with Gasteiger partial charge in [-0.25, -0.2) is 0 Å². The molecule has 2 aromatic heterocycles. The van der Waals surface area contributed by atoms with Gasteiger partial charge in [-0.2, -0.15) is 0 Å². The van der Waals surface area contributed by atoms with Crippen LogP contribution in [0.1, 0.15) is 11.1 Å². The third kappa shape index (κ3) is 2.92. The highest BCUT2D eigenvalue weighted by molar-refractivity contribution is 5.89. The predicted octanol–water partition coefficient (Wildman–Crippen LogP) is 5.79. The number of fused-ring (bicyclic) bond motifs is 1. The van der Waals surface area contributed by atoms with E-state index in [0.717, 1.165) is 33.6 Å². The molecule has 2 heterocycles. The van der Waals surface area contributed by atoms with Crippen molar-refractivity contribution in [1.82, 2.24) is 4.98 Å². The molecule has 0 N–H and O–H groups in total. The molecule has 4 aromatic rings. The molecular weight excluding hydrogens is 298 g/mol. The lowest BCUT2D eigenvalue weighted by atomic mass is 10.1. The molecule has 0 bridgehead atoms. The third-order valence-electron chi connectivity index (χ3n) is 3.74. The number of hydrogen-bond acceptors (Lipinski definition) is 3. The largest absolute Gasteiger partial charge is 0.462 e. The number of hydrogen-bond donors (Lipinski definition) is 0. The number of nitrogens with zero attached hydrogens (tertiary/aromatic N) is 1. The van der Waals surface area contributed by atoms with Crippen molar-refractivity contribution in [2.45, 2.75) is 0 Å². The number of furan rings is 1. The molecule has 0 amide bonds. The molecule has 0 unspecified atom stereocenters. The summed E-state index contributed by atoms with van der Waals surface area (Å²) in [6.45, 7) is 0. The zero-order valence-electron chi connectivity index (χ0n) is 12.9. The van der Waals surface area contributed by atoms with E-state index in [-0.39, 0.29) is 0 Å². The summed E-state index contributed by atoms with van der Waals surface area (Å²) in [5.41, 5.74) is 2.80. The molecule has 24 heavy (non-hydrogen) atoms. The van der Waals surface area contributed by atoms with Crippen LogP contribution in [0, 0.1) is 0 Å². The van der Waals surface area contributed by atoms with Gasteiger partial charge in [0.2, 0.25) is 0 Å². The van der Waals surface area contributed by atoms with Crippen LogP contribution in [0.15, 0.2) is 83.7 Å². The smallest absolute Gasteiger partial charge is 0.152 e. The molecule has 4 rings (SSSR count). The van der Waals surface area contributed by atoms with Crippen LogP contribution in [0.3, 0.4) is 0 Å². The highest BCUT2D eigenvalue weighted by Gasteiger charge is 2.04. The Morgan fingerprint density at radius 2 is 1.62 bits per heavy atom. The SMILES string of the molecule is C(=C/c1coc2cnccc12)/c1ccccc1Oc1ccccc1. The van der Waals surface area contributed by atoms with Crippen molar-refractivity contribution in [2.24, 2.45) is 0 Å². The summed E-state index contributed by atoms with van der Waals surface area (Å²) in [5, 5.41) is 1.04. The summed E-state index contributed by atoms with van der Waals surface area (Å²) in [6, 6.07) is 19.7. The zero-order chi connectivity index (χ0) is 16.2. The van der Waals surface area contributed by atoms with Gasteiger partial charge < -0.3 is 9.15 Å². The summed E-state index contributed by atoms with van der Waals surface area (Å²) in [6.07, 6.45) is 9.28. The minimum atomic E-state index is 0.783. The van der Waals surface area contributed by atoms with Gasteiger partial charge in [-0.3, -0.25) is 4.98 Å². The lowest BCUT2D eigenvalue weighted by molar-refractivity contribution is 0.481. The van der Waals surface area contributed by atoms with Crippen LogP contribution in [0.5, 0.6) is 11.5 Å². The van der Waals surface area contributed by atoms with Crippen LogP contribution in [-0.2, 0) is 0 Å². The van der Waals surface area contributed by atoms with Crippen molar-refractivity contribution in [3.63, 3.8) is 0 Å². The average Bonchev–Trinajstić information content (AvgIpc) is 3.05. The van der Waals surface area contributed by atoms with Crippen molar-refractivity contribution >= 4 is 23.1 Å². The first-order chi connectivity index (χ1) is 11.9. The molecule has 3 heteroatoms. The van der Waals surface area contributed by atoms with E-state index in [1.165, 1.54) is 0 Å². The number of rotatable bonds is 4. The third-order valence-corrected chi connectivity index (χ3v) is 3.74. The van der Waals surface area contributed by atoms with E-state index in [2.05, 4.69) is 4.98 Å². The van der Waals surface area contributed by atoms with E-state index in [1.54, 1.807) is 18.7 Å². The summed E-state index contributed by atoms with van der Waals surface area (Å²) in [5.74, 6) is 1.63. The van der Waals surface area contributed by atoms with Crippen molar-refractivity contribution in [3.8, 4) is 11.5 Å². The summed E-state index contributed by atoms with van der Waals surface area (Å²) in [4.78, 5) is 4.07. The van der Waals surface area contributed by atoms with Crippen molar-refractivity contribution in [1.29, 1.82) is 0 Å². The number of benzene rings is 2. The Morgan fingerprint density at radius 3 is 2.54 bits per heavy atom. The molecule has 0 saturated carbocycles. The van der Waals surface area contributed by atoms with Gasteiger partial charge in [0.1, 0.15) is 11.5 Å². The molecule has 0 atom stereocenters. The first-order valence-electron chi connectivity index (χ1n) is 7.71. The number of ether oxygens (including phenoxy) is 1. The number of pyridine rings is 1. The molecule has 0 saturated heterocycles. The Kier molecular flexibility index (Phi) is 3.82. The van der Waals surface area contributed by atoms with Crippen molar-refractivity contribution < 1.29 is 9.15 Å². The van der Waals surface area contributed by atoms with Crippen LogP contribution >= 0.6 is 0 Å². The predicted molar refractivity (Wildman–Crippen MR) is 95.9 cm³/mol. The molecular formula is C21H15NO2. The monoisotopic (exact) mass is 313 g/mol. The lowest BCUT2D eigenvalue weighted by Crippen LogP contribution is -1.86. The normalized spacial score (nSPS) is 11.2. The van der Waals surface area contributed by atoms with Gasteiger partial charge in [-0.15, -0.1) is 0 Å². The van der Waals surface area contributed by atoms with Gasteiger partial charge in [0.15, 0.2) is 5.58 Å². The fraction of sp³-hybridized carbons (Fsp3) is 0. The lowest BCUT2D eigenvalue weighted by Gasteiger charge is -2.08. The topological polar surface area (TPSA) is 35.3 Å².